The first-order valence-corrected chi connectivity index (χ1v) is 11.3. The maximum absolute atomic E-state index is 13.6. The summed E-state index contributed by atoms with van der Waals surface area (Å²) in [5.74, 6) is -0.482. The predicted molar refractivity (Wildman–Crippen MR) is 122 cm³/mol. The molecule has 1 atom stereocenters. The fourth-order valence-electron chi connectivity index (χ4n) is 4.27. The van der Waals surface area contributed by atoms with Crippen LogP contribution in [0.1, 0.15) is 56.1 Å². The molecule has 3 rings (SSSR count). The van der Waals surface area contributed by atoms with Crippen molar-refractivity contribution in [2.75, 3.05) is 7.11 Å². The molecule has 2 N–H and O–H groups in total. The number of hydrogen-bond acceptors (Lipinski definition) is 4. The average molecular weight is 423 g/mol. The van der Waals surface area contributed by atoms with Crippen molar-refractivity contribution in [1.82, 2.24) is 10.6 Å². The van der Waals surface area contributed by atoms with E-state index in [-0.39, 0.29) is 24.3 Å². The van der Waals surface area contributed by atoms with Gasteiger partial charge in [-0.25, -0.2) is 0 Å². The van der Waals surface area contributed by atoms with E-state index in [1.807, 2.05) is 48.5 Å². The van der Waals surface area contributed by atoms with Gasteiger partial charge in [0.05, 0.1) is 13.5 Å². The Labute approximate surface area is 185 Å². The average Bonchev–Trinajstić information content (AvgIpc) is 2.82. The zero-order valence-corrected chi connectivity index (χ0v) is 18.4. The third kappa shape index (κ3) is 6.93. The lowest BCUT2D eigenvalue weighted by Gasteiger charge is -2.35. The SMILES string of the molecule is COC(=O)CC(CCc1ccccc1)(NCc1ccccc1)C(=O)NC1CCCCC1. The van der Waals surface area contributed by atoms with Crippen LogP contribution in [0.15, 0.2) is 60.7 Å². The highest BCUT2D eigenvalue weighted by molar-refractivity contribution is 5.91. The Morgan fingerprint density at radius 1 is 0.935 bits per heavy atom. The second kappa shape index (κ2) is 11.7. The number of methoxy groups -OCH3 is 1. The van der Waals surface area contributed by atoms with Crippen molar-refractivity contribution in [3.8, 4) is 0 Å². The molecule has 1 saturated carbocycles. The molecule has 2 aromatic rings. The van der Waals surface area contributed by atoms with Gasteiger partial charge in [-0.1, -0.05) is 79.9 Å². The van der Waals surface area contributed by atoms with E-state index >= 15 is 0 Å². The molecule has 0 radical (unpaired) electrons. The Kier molecular flexibility index (Phi) is 8.65. The van der Waals surface area contributed by atoms with Crippen LogP contribution < -0.4 is 10.6 Å². The van der Waals surface area contributed by atoms with Crippen molar-refractivity contribution >= 4 is 11.9 Å². The minimum atomic E-state index is -1.03. The summed E-state index contributed by atoms with van der Waals surface area (Å²) in [5, 5.41) is 6.71. The van der Waals surface area contributed by atoms with Crippen molar-refractivity contribution in [1.29, 1.82) is 0 Å². The number of hydrogen-bond donors (Lipinski definition) is 2. The van der Waals surface area contributed by atoms with Crippen molar-refractivity contribution in [2.45, 2.75) is 69.5 Å². The normalized spacial score (nSPS) is 16.3. The third-order valence-corrected chi connectivity index (χ3v) is 6.21. The number of aryl methyl sites for hydroxylation is 1. The molecule has 1 fully saturated rings. The minimum Gasteiger partial charge on any atom is -0.469 e. The molecule has 0 aromatic heterocycles. The molecule has 0 heterocycles. The molecule has 1 amide bonds. The highest BCUT2D eigenvalue weighted by atomic mass is 16.5. The number of rotatable bonds is 10. The second-order valence-corrected chi connectivity index (χ2v) is 8.47. The quantitative estimate of drug-likeness (QED) is 0.564. The highest BCUT2D eigenvalue weighted by Crippen LogP contribution is 2.24. The van der Waals surface area contributed by atoms with E-state index in [1.54, 1.807) is 0 Å². The standard InChI is InChI=1S/C26H34N2O3/c1-31-24(29)19-26(18-17-21-11-5-2-6-12-21,27-20-22-13-7-3-8-14-22)25(30)28-23-15-9-4-10-16-23/h2-3,5-8,11-14,23,27H,4,9-10,15-20H2,1H3,(H,28,30). The fraction of sp³-hybridized carbons (Fsp3) is 0.462. The van der Waals surface area contributed by atoms with Gasteiger partial charge in [-0.05, 0) is 36.8 Å². The molecule has 0 bridgehead atoms. The molecule has 0 aliphatic heterocycles. The molecule has 5 nitrogen and oxygen atoms in total. The minimum absolute atomic E-state index is 0.00171. The Morgan fingerprint density at radius 3 is 2.16 bits per heavy atom. The summed E-state index contributed by atoms with van der Waals surface area (Å²) in [6, 6.07) is 20.2. The highest BCUT2D eigenvalue weighted by Gasteiger charge is 2.41. The summed E-state index contributed by atoms with van der Waals surface area (Å²) in [7, 11) is 1.38. The van der Waals surface area contributed by atoms with Gasteiger partial charge >= 0.3 is 5.97 Å². The first-order valence-electron chi connectivity index (χ1n) is 11.3. The molecule has 2 aromatic carbocycles. The van der Waals surface area contributed by atoms with Gasteiger partial charge in [0, 0.05) is 12.6 Å². The zero-order valence-electron chi connectivity index (χ0n) is 18.4. The van der Waals surface area contributed by atoms with E-state index < -0.39 is 5.54 Å². The Hall–Kier alpha value is -2.66. The van der Waals surface area contributed by atoms with Crippen LogP contribution in [-0.4, -0.2) is 30.6 Å². The predicted octanol–water partition coefficient (Wildman–Crippen LogP) is 4.16. The van der Waals surface area contributed by atoms with Crippen LogP contribution in [0, 0.1) is 0 Å². The number of amides is 1. The first kappa shape index (κ1) is 23.0. The summed E-state index contributed by atoms with van der Waals surface area (Å²) >= 11 is 0. The lowest BCUT2D eigenvalue weighted by atomic mass is 9.85. The molecule has 1 aliphatic carbocycles. The van der Waals surface area contributed by atoms with E-state index in [2.05, 4.69) is 22.8 Å². The molecule has 31 heavy (non-hydrogen) atoms. The van der Waals surface area contributed by atoms with Crippen LogP contribution in [-0.2, 0) is 27.3 Å². The molecule has 166 valence electrons. The lowest BCUT2D eigenvalue weighted by molar-refractivity contribution is -0.146. The number of esters is 1. The largest absolute Gasteiger partial charge is 0.469 e. The van der Waals surface area contributed by atoms with Crippen LogP contribution in [0.2, 0.25) is 0 Å². The third-order valence-electron chi connectivity index (χ3n) is 6.21. The van der Waals surface area contributed by atoms with Crippen LogP contribution in [0.3, 0.4) is 0 Å². The van der Waals surface area contributed by atoms with Crippen molar-refractivity contribution in [3.05, 3.63) is 71.8 Å². The monoisotopic (exact) mass is 422 g/mol. The second-order valence-electron chi connectivity index (χ2n) is 8.47. The summed E-state index contributed by atoms with van der Waals surface area (Å²) in [5.41, 5.74) is 1.18. The number of carbonyl (C=O) groups is 2. The Balaban J connectivity index is 1.83. The molecular weight excluding hydrogens is 388 g/mol. The van der Waals surface area contributed by atoms with Gasteiger partial charge in [-0.3, -0.25) is 14.9 Å². The zero-order chi connectivity index (χ0) is 21.9. The van der Waals surface area contributed by atoms with Gasteiger partial charge in [0.15, 0.2) is 0 Å². The molecule has 5 heteroatoms. The van der Waals surface area contributed by atoms with E-state index in [4.69, 9.17) is 4.74 Å². The van der Waals surface area contributed by atoms with Crippen molar-refractivity contribution < 1.29 is 14.3 Å². The van der Waals surface area contributed by atoms with Crippen LogP contribution in [0.5, 0.6) is 0 Å². The van der Waals surface area contributed by atoms with Gasteiger partial charge in [-0.15, -0.1) is 0 Å². The van der Waals surface area contributed by atoms with E-state index in [9.17, 15) is 9.59 Å². The fourth-order valence-corrected chi connectivity index (χ4v) is 4.27. The number of benzene rings is 2. The Bertz CT molecular complexity index is 774. The van der Waals surface area contributed by atoms with Gasteiger partial charge in [0.1, 0.15) is 5.54 Å². The summed E-state index contributed by atoms with van der Waals surface area (Å²) in [6.07, 6.45) is 6.69. The topological polar surface area (TPSA) is 67.4 Å². The molecule has 0 spiro atoms. The van der Waals surface area contributed by atoms with Crippen molar-refractivity contribution in [3.63, 3.8) is 0 Å². The van der Waals surface area contributed by atoms with Gasteiger partial charge in [0.25, 0.3) is 0 Å². The van der Waals surface area contributed by atoms with E-state index in [0.717, 1.165) is 36.8 Å². The number of nitrogens with one attached hydrogen (secondary N) is 2. The smallest absolute Gasteiger partial charge is 0.307 e. The molecule has 1 unspecified atom stereocenters. The summed E-state index contributed by atoms with van der Waals surface area (Å²) in [4.78, 5) is 26.1. The molecule has 0 saturated heterocycles. The molecular formula is C26H34N2O3. The maximum atomic E-state index is 13.6. The number of ether oxygens (including phenoxy) is 1. The lowest BCUT2D eigenvalue weighted by Crippen LogP contribution is -2.60. The van der Waals surface area contributed by atoms with Crippen molar-refractivity contribution in [2.24, 2.45) is 0 Å². The van der Waals surface area contributed by atoms with Gasteiger partial charge in [0.2, 0.25) is 5.91 Å². The summed E-state index contributed by atoms with van der Waals surface area (Å²) in [6.45, 7) is 0.505. The first-order chi connectivity index (χ1) is 15.1. The van der Waals surface area contributed by atoms with E-state index in [0.29, 0.717) is 19.4 Å². The van der Waals surface area contributed by atoms with Gasteiger partial charge in [-0.2, -0.15) is 0 Å². The Morgan fingerprint density at radius 2 is 1.55 bits per heavy atom. The van der Waals surface area contributed by atoms with Crippen LogP contribution in [0.25, 0.3) is 0 Å². The van der Waals surface area contributed by atoms with Crippen LogP contribution >= 0.6 is 0 Å². The number of carbonyl (C=O) groups excluding carboxylic acids is 2. The van der Waals surface area contributed by atoms with E-state index in [1.165, 1.54) is 13.5 Å². The maximum Gasteiger partial charge on any atom is 0.307 e. The van der Waals surface area contributed by atoms with Crippen LogP contribution in [0.4, 0.5) is 0 Å². The van der Waals surface area contributed by atoms with Gasteiger partial charge < -0.3 is 10.1 Å². The summed E-state index contributed by atoms with van der Waals surface area (Å²) < 4.78 is 4.99. The molecule has 1 aliphatic rings.